The Morgan fingerprint density at radius 3 is 2.84 bits per heavy atom. The second kappa shape index (κ2) is 4.85. The minimum absolute atomic E-state index is 0.0146. The van der Waals surface area contributed by atoms with Gasteiger partial charge in [0, 0.05) is 37.1 Å². The molecule has 1 saturated carbocycles. The highest BCUT2D eigenvalue weighted by Gasteiger charge is 2.39. The molecular weight excluding hydrogens is 262 g/mol. The molecule has 1 aromatic rings. The monoisotopic (exact) mass is 281 g/mol. The van der Waals surface area contributed by atoms with Crippen LogP contribution in [0.25, 0.3) is 0 Å². The quantitative estimate of drug-likeness (QED) is 0.894. The second-order valence-corrected chi connectivity index (χ2v) is 7.23. The van der Waals surface area contributed by atoms with Crippen LogP contribution in [0.3, 0.4) is 0 Å². The molecule has 1 aromatic heterocycles. The summed E-state index contributed by atoms with van der Waals surface area (Å²) < 4.78 is 27.2. The fraction of sp³-hybridized carbons (Fsp3) is 0.615. The molecule has 2 unspecified atom stereocenters. The van der Waals surface area contributed by atoms with Crippen LogP contribution in [0.4, 0.5) is 0 Å². The van der Waals surface area contributed by atoms with E-state index < -0.39 is 10.0 Å². The van der Waals surface area contributed by atoms with Crippen LogP contribution in [0, 0.1) is 0 Å². The molecule has 0 bridgehead atoms. The van der Waals surface area contributed by atoms with Gasteiger partial charge in [-0.05, 0) is 38.3 Å². The van der Waals surface area contributed by atoms with Gasteiger partial charge in [0.15, 0.2) is 0 Å². The van der Waals surface area contributed by atoms with Crippen molar-refractivity contribution in [3.63, 3.8) is 0 Å². The van der Waals surface area contributed by atoms with Crippen molar-refractivity contribution in [1.82, 2.24) is 14.6 Å². The van der Waals surface area contributed by atoms with Crippen molar-refractivity contribution in [3.8, 4) is 0 Å². The molecule has 0 amide bonds. The van der Waals surface area contributed by atoms with Gasteiger partial charge in [-0.15, -0.1) is 0 Å². The first-order valence-electron chi connectivity index (χ1n) is 6.74. The van der Waals surface area contributed by atoms with Crippen molar-refractivity contribution in [1.29, 1.82) is 0 Å². The van der Waals surface area contributed by atoms with Crippen molar-refractivity contribution < 1.29 is 8.42 Å². The largest absolute Gasteiger partial charge is 0.296 e. The van der Waals surface area contributed by atoms with Crippen LogP contribution >= 0.6 is 0 Å². The first-order valence-corrected chi connectivity index (χ1v) is 8.23. The van der Waals surface area contributed by atoms with Crippen LogP contribution in [0.5, 0.6) is 0 Å². The zero-order chi connectivity index (χ0) is 13.5. The predicted molar refractivity (Wildman–Crippen MR) is 72.2 cm³/mol. The van der Waals surface area contributed by atoms with Crippen LogP contribution in [-0.4, -0.2) is 43.0 Å². The summed E-state index contributed by atoms with van der Waals surface area (Å²) in [7, 11) is -3.44. The molecular formula is C13H19N3O2S. The minimum atomic E-state index is -3.44. The Hall–Kier alpha value is -0.980. The topological polar surface area (TPSA) is 62.3 Å². The van der Waals surface area contributed by atoms with Gasteiger partial charge in [-0.3, -0.25) is 9.88 Å². The lowest BCUT2D eigenvalue weighted by molar-refractivity contribution is 0.256. The van der Waals surface area contributed by atoms with Crippen molar-refractivity contribution in [3.05, 3.63) is 24.5 Å². The van der Waals surface area contributed by atoms with E-state index >= 15 is 0 Å². The summed E-state index contributed by atoms with van der Waals surface area (Å²) in [6, 6.07) is 4.38. The first kappa shape index (κ1) is 13.0. The molecule has 2 fully saturated rings. The second-order valence-electron chi connectivity index (χ2n) is 5.52. The normalized spacial score (nSPS) is 28.7. The molecule has 2 aliphatic rings. The van der Waals surface area contributed by atoms with Crippen molar-refractivity contribution in [2.24, 2.45) is 0 Å². The van der Waals surface area contributed by atoms with E-state index in [1.807, 2.05) is 0 Å². The summed E-state index contributed by atoms with van der Waals surface area (Å²) in [6.07, 6.45) is 6.36. The maximum atomic E-state index is 12.2. The maximum absolute atomic E-state index is 12.2. The average Bonchev–Trinajstić information content (AvgIpc) is 3.15. The molecule has 1 saturated heterocycles. The SMILES string of the molecule is CC1CC(NS(=O)(=O)c2cccnc2)CN1C1CC1. The first-order chi connectivity index (χ1) is 9.06. The highest BCUT2D eigenvalue weighted by Crippen LogP contribution is 2.33. The number of likely N-dealkylation sites (tertiary alicyclic amines) is 1. The van der Waals surface area contributed by atoms with Gasteiger partial charge < -0.3 is 0 Å². The lowest BCUT2D eigenvalue weighted by Gasteiger charge is -2.19. The van der Waals surface area contributed by atoms with Gasteiger partial charge in [-0.1, -0.05) is 0 Å². The molecule has 2 heterocycles. The fourth-order valence-corrected chi connectivity index (χ4v) is 4.05. The molecule has 2 atom stereocenters. The van der Waals surface area contributed by atoms with Crippen molar-refractivity contribution in [2.75, 3.05) is 6.54 Å². The van der Waals surface area contributed by atoms with Gasteiger partial charge in [0.25, 0.3) is 0 Å². The van der Waals surface area contributed by atoms with E-state index in [0.29, 0.717) is 12.1 Å². The lowest BCUT2D eigenvalue weighted by atomic mass is 10.2. The zero-order valence-electron chi connectivity index (χ0n) is 11.0. The Bertz CT molecular complexity index is 542. The summed E-state index contributed by atoms with van der Waals surface area (Å²) in [4.78, 5) is 6.53. The molecule has 0 spiro atoms. The lowest BCUT2D eigenvalue weighted by Crippen LogP contribution is -2.37. The van der Waals surface area contributed by atoms with Crippen LogP contribution in [0.15, 0.2) is 29.4 Å². The van der Waals surface area contributed by atoms with E-state index in [0.717, 1.165) is 13.0 Å². The van der Waals surface area contributed by atoms with Crippen LogP contribution in [0.2, 0.25) is 0 Å². The van der Waals surface area contributed by atoms with Gasteiger partial charge in [0.2, 0.25) is 10.0 Å². The number of nitrogens with one attached hydrogen (secondary N) is 1. The number of nitrogens with zero attached hydrogens (tertiary/aromatic N) is 2. The van der Waals surface area contributed by atoms with E-state index in [-0.39, 0.29) is 10.9 Å². The third-order valence-corrected chi connectivity index (χ3v) is 5.41. The van der Waals surface area contributed by atoms with E-state index in [1.165, 1.54) is 19.0 Å². The summed E-state index contributed by atoms with van der Waals surface area (Å²) in [6.45, 7) is 3.00. The number of aromatic nitrogens is 1. The third kappa shape index (κ3) is 2.80. The maximum Gasteiger partial charge on any atom is 0.242 e. The molecule has 0 aromatic carbocycles. The smallest absolute Gasteiger partial charge is 0.242 e. The van der Waals surface area contributed by atoms with E-state index in [4.69, 9.17) is 0 Å². The molecule has 3 rings (SSSR count). The highest BCUT2D eigenvalue weighted by molar-refractivity contribution is 7.89. The average molecular weight is 281 g/mol. The summed E-state index contributed by atoms with van der Waals surface area (Å²) >= 11 is 0. The molecule has 1 aliphatic heterocycles. The zero-order valence-corrected chi connectivity index (χ0v) is 11.8. The van der Waals surface area contributed by atoms with Crippen molar-refractivity contribution >= 4 is 10.0 Å². The van der Waals surface area contributed by atoms with Gasteiger partial charge in [-0.2, -0.15) is 0 Å². The van der Waals surface area contributed by atoms with Crippen LogP contribution in [-0.2, 0) is 10.0 Å². The molecule has 1 N–H and O–H groups in total. The summed E-state index contributed by atoms with van der Waals surface area (Å²) in [5.41, 5.74) is 0. The number of hydrogen-bond donors (Lipinski definition) is 1. The van der Waals surface area contributed by atoms with Crippen LogP contribution < -0.4 is 4.72 Å². The molecule has 6 heteroatoms. The van der Waals surface area contributed by atoms with Gasteiger partial charge in [0.1, 0.15) is 4.90 Å². The molecule has 1 aliphatic carbocycles. The molecule has 5 nitrogen and oxygen atoms in total. The highest BCUT2D eigenvalue weighted by atomic mass is 32.2. The molecule has 0 radical (unpaired) electrons. The summed E-state index contributed by atoms with van der Waals surface area (Å²) in [5, 5.41) is 0. The summed E-state index contributed by atoms with van der Waals surface area (Å²) in [5.74, 6) is 0. The van der Waals surface area contributed by atoms with E-state index in [2.05, 4.69) is 21.5 Å². The van der Waals surface area contributed by atoms with Crippen LogP contribution in [0.1, 0.15) is 26.2 Å². The minimum Gasteiger partial charge on any atom is -0.296 e. The fourth-order valence-electron chi connectivity index (χ4n) is 2.85. The van der Waals surface area contributed by atoms with Gasteiger partial charge in [0.05, 0.1) is 0 Å². The Morgan fingerprint density at radius 2 is 2.21 bits per heavy atom. The standard InChI is InChI=1S/C13H19N3O2S/c1-10-7-11(9-16(10)12-4-5-12)15-19(17,18)13-3-2-6-14-8-13/h2-3,6,8,10-12,15H,4-5,7,9H2,1H3. The van der Waals surface area contributed by atoms with Crippen molar-refractivity contribution in [2.45, 2.75) is 49.2 Å². The number of sulfonamides is 1. The number of hydrogen-bond acceptors (Lipinski definition) is 4. The Balaban J connectivity index is 1.69. The third-order valence-electron chi connectivity index (χ3n) is 3.91. The Morgan fingerprint density at radius 1 is 1.42 bits per heavy atom. The molecule has 19 heavy (non-hydrogen) atoms. The van der Waals surface area contributed by atoms with Gasteiger partial charge in [-0.25, -0.2) is 13.1 Å². The number of rotatable bonds is 4. The van der Waals surface area contributed by atoms with E-state index in [9.17, 15) is 8.42 Å². The number of pyridine rings is 1. The predicted octanol–water partition coefficient (Wildman–Crippen LogP) is 0.985. The van der Waals surface area contributed by atoms with Gasteiger partial charge >= 0.3 is 0 Å². The Labute approximate surface area is 114 Å². The molecule has 104 valence electrons. The Kier molecular flexibility index (Phi) is 3.32. The van der Waals surface area contributed by atoms with E-state index in [1.54, 1.807) is 18.3 Å².